The number of fused-ring (bicyclic) bond motifs is 2. The number of aromatic nitrogens is 2. The molecular formula is C23H28FN3O3. The second-order valence-electron chi connectivity index (χ2n) is 9.03. The number of halogens is 1. The van der Waals surface area contributed by atoms with Crippen LogP contribution in [0.15, 0.2) is 36.8 Å². The summed E-state index contributed by atoms with van der Waals surface area (Å²) in [7, 11) is 0. The molecule has 160 valence electrons. The van der Waals surface area contributed by atoms with Crippen LogP contribution in [-0.4, -0.2) is 44.7 Å². The molecule has 0 aliphatic carbocycles. The molecule has 6 nitrogen and oxygen atoms in total. The molecule has 0 spiro atoms. The van der Waals surface area contributed by atoms with Gasteiger partial charge in [0.05, 0.1) is 24.6 Å². The molecule has 30 heavy (non-hydrogen) atoms. The maximum Gasteiger partial charge on any atom is 0.410 e. The van der Waals surface area contributed by atoms with Gasteiger partial charge in [-0.15, -0.1) is 0 Å². The first kappa shape index (κ1) is 20.7. The van der Waals surface area contributed by atoms with E-state index in [9.17, 15) is 9.18 Å². The molecule has 2 fully saturated rings. The molecule has 3 atom stereocenters. The molecule has 7 heteroatoms. The average molecular weight is 413 g/mol. The van der Waals surface area contributed by atoms with E-state index >= 15 is 0 Å². The topological polar surface area (TPSA) is 64.5 Å². The summed E-state index contributed by atoms with van der Waals surface area (Å²) in [5.41, 5.74) is 1.29. The van der Waals surface area contributed by atoms with E-state index in [4.69, 9.17) is 9.47 Å². The van der Waals surface area contributed by atoms with Crippen molar-refractivity contribution in [2.45, 2.75) is 76.9 Å². The highest BCUT2D eigenvalue weighted by molar-refractivity contribution is 5.69. The molecule has 2 aliphatic heterocycles. The maximum absolute atomic E-state index is 14.6. The molecule has 1 aromatic heterocycles. The van der Waals surface area contributed by atoms with Crippen molar-refractivity contribution in [3.8, 4) is 11.3 Å². The SMILES string of the molecule is CC(C)(C)OC(=O)N1[C@@H]2CC[C@H]1CC(OCc1c(F)cccc1-c1cnccn1)C2. The van der Waals surface area contributed by atoms with Gasteiger partial charge in [-0.3, -0.25) is 9.97 Å². The Morgan fingerprint density at radius 3 is 2.57 bits per heavy atom. The Balaban J connectivity index is 1.43. The number of piperidine rings is 1. The second-order valence-corrected chi connectivity index (χ2v) is 9.03. The largest absolute Gasteiger partial charge is 0.444 e. The van der Waals surface area contributed by atoms with E-state index in [1.54, 1.807) is 24.7 Å². The van der Waals surface area contributed by atoms with Crippen LogP contribution >= 0.6 is 0 Å². The van der Waals surface area contributed by atoms with Crippen molar-refractivity contribution < 1.29 is 18.7 Å². The molecule has 4 rings (SSSR count). The second kappa shape index (κ2) is 8.30. The predicted octanol–water partition coefficient (Wildman–Crippen LogP) is 4.73. The summed E-state index contributed by atoms with van der Waals surface area (Å²) in [6.07, 6.45) is 7.93. The standard InChI is InChI=1S/C23H28FN3O3/c1-23(2,3)30-22(28)27-15-7-8-16(27)12-17(11-15)29-14-19-18(5-4-6-20(19)24)21-13-25-9-10-26-21/h4-6,9-10,13,15-17H,7-8,11-12,14H2,1-3H3/t15-,16+,17?. The number of hydrogen-bond acceptors (Lipinski definition) is 5. The lowest BCUT2D eigenvalue weighted by Gasteiger charge is -2.39. The number of carbonyl (C=O) groups excluding carboxylic acids is 1. The normalized spacial score (nSPS) is 23.5. The Labute approximate surface area is 176 Å². The molecule has 1 aromatic carbocycles. The smallest absolute Gasteiger partial charge is 0.410 e. The number of carbonyl (C=O) groups is 1. The van der Waals surface area contributed by atoms with Gasteiger partial charge in [-0.25, -0.2) is 9.18 Å². The minimum Gasteiger partial charge on any atom is -0.444 e. The van der Waals surface area contributed by atoms with Gasteiger partial charge in [0.2, 0.25) is 0 Å². The van der Waals surface area contributed by atoms with Gasteiger partial charge in [-0.2, -0.15) is 0 Å². The van der Waals surface area contributed by atoms with Crippen LogP contribution in [0.1, 0.15) is 52.0 Å². The summed E-state index contributed by atoms with van der Waals surface area (Å²) in [5, 5.41) is 0. The van der Waals surface area contributed by atoms with E-state index in [0.29, 0.717) is 16.8 Å². The van der Waals surface area contributed by atoms with Gasteiger partial charge in [-0.05, 0) is 52.5 Å². The molecule has 2 aliphatic rings. The molecule has 1 unspecified atom stereocenters. The summed E-state index contributed by atoms with van der Waals surface area (Å²) in [6, 6.07) is 5.17. The Morgan fingerprint density at radius 1 is 1.20 bits per heavy atom. The molecule has 2 bridgehead atoms. The highest BCUT2D eigenvalue weighted by atomic mass is 19.1. The van der Waals surface area contributed by atoms with Gasteiger partial charge in [0, 0.05) is 35.6 Å². The third-order valence-electron chi connectivity index (χ3n) is 5.72. The van der Waals surface area contributed by atoms with Crippen molar-refractivity contribution in [3.05, 3.63) is 48.2 Å². The molecule has 1 amide bonds. The van der Waals surface area contributed by atoms with E-state index < -0.39 is 5.60 Å². The van der Waals surface area contributed by atoms with E-state index in [-0.39, 0.29) is 36.7 Å². The Morgan fingerprint density at radius 2 is 1.93 bits per heavy atom. The molecular weight excluding hydrogens is 385 g/mol. The fourth-order valence-electron chi connectivity index (χ4n) is 4.46. The van der Waals surface area contributed by atoms with Crippen molar-refractivity contribution >= 4 is 6.09 Å². The van der Waals surface area contributed by atoms with Crippen LogP contribution in [0.25, 0.3) is 11.3 Å². The van der Waals surface area contributed by atoms with Gasteiger partial charge in [0.15, 0.2) is 0 Å². The summed E-state index contributed by atoms with van der Waals surface area (Å²) in [6.45, 7) is 5.80. The van der Waals surface area contributed by atoms with Crippen molar-refractivity contribution in [1.29, 1.82) is 0 Å². The van der Waals surface area contributed by atoms with Gasteiger partial charge in [0.25, 0.3) is 0 Å². The van der Waals surface area contributed by atoms with Crippen molar-refractivity contribution in [1.82, 2.24) is 14.9 Å². The van der Waals surface area contributed by atoms with E-state index in [1.807, 2.05) is 31.7 Å². The summed E-state index contributed by atoms with van der Waals surface area (Å²) in [5.74, 6) is -0.313. The molecule has 2 aromatic rings. The monoisotopic (exact) mass is 413 g/mol. The van der Waals surface area contributed by atoms with Crippen LogP contribution in [0.2, 0.25) is 0 Å². The Hall–Kier alpha value is -2.54. The summed E-state index contributed by atoms with van der Waals surface area (Å²) in [4.78, 5) is 22.9. The number of benzene rings is 1. The number of nitrogens with zero attached hydrogens (tertiary/aromatic N) is 3. The van der Waals surface area contributed by atoms with Gasteiger partial charge >= 0.3 is 6.09 Å². The van der Waals surface area contributed by atoms with E-state index in [0.717, 1.165) is 25.7 Å². The van der Waals surface area contributed by atoms with Crippen molar-refractivity contribution in [2.24, 2.45) is 0 Å². The summed E-state index contributed by atoms with van der Waals surface area (Å²) >= 11 is 0. The minimum atomic E-state index is -0.508. The number of amides is 1. The third kappa shape index (κ3) is 4.46. The highest BCUT2D eigenvalue weighted by Gasteiger charge is 2.45. The van der Waals surface area contributed by atoms with Crippen molar-refractivity contribution in [3.63, 3.8) is 0 Å². The van der Waals surface area contributed by atoms with Crippen LogP contribution in [0.3, 0.4) is 0 Å². The highest BCUT2D eigenvalue weighted by Crippen LogP contribution is 2.38. The zero-order valence-corrected chi connectivity index (χ0v) is 17.7. The zero-order valence-electron chi connectivity index (χ0n) is 17.7. The van der Waals surface area contributed by atoms with E-state index in [1.165, 1.54) is 6.07 Å². The van der Waals surface area contributed by atoms with Crippen LogP contribution in [-0.2, 0) is 16.1 Å². The molecule has 3 heterocycles. The fourth-order valence-corrected chi connectivity index (χ4v) is 4.46. The quantitative estimate of drug-likeness (QED) is 0.725. The maximum atomic E-state index is 14.6. The lowest BCUT2D eigenvalue weighted by molar-refractivity contribution is -0.0400. The Bertz CT molecular complexity index is 886. The molecule has 0 saturated carbocycles. The first-order chi connectivity index (χ1) is 14.3. The minimum absolute atomic E-state index is 0.0181. The molecule has 0 radical (unpaired) electrons. The first-order valence-corrected chi connectivity index (χ1v) is 10.5. The average Bonchev–Trinajstić information content (AvgIpc) is 2.97. The molecule has 2 saturated heterocycles. The van der Waals surface area contributed by atoms with Crippen LogP contribution in [0.4, 0.5) is 9.18 Å². The summed E-state index contributed by atoms with van der Waals surface area (Å²) < 4.78 is 26.3. The van der Waals surface area contributed by atoms with E-state index in [2.05, 4.69) is 9.97 Å². The Kier molecular flexibility index (Phi) is 5.73. The van der Waals surface area contributed by atoms with Crippen LogP contribution in [0.5, 0.6) is 0 Å². The van der Waals surface area contributed by atoms with Gasteiger partial charge in [0.1, 0.15) is 11.4 Å². The number of hydrogen-bond donors (Lipinski definition) is 0. The zero-order chi connectivity index (χ0) is 21.3. The number of rotatable bonds is 4. The van der Waals surface area contributed by atoms with Crippen LogP contribution < -0.4 is 0 Å². The lowest BCUT2D eigenvalue weighted by Crippen LogP contribution is -2.50. The number of ether oxygens (including phenoxy) is 2. The molecule has 0 N–H and O–H groups in total. The first-order valence-electron chi connectivity index (χ1n) is 10.5. The third-order valence-corrected chi connectivity index (χ3v) is 5.72. The van der Waals surface area contributed by atoms with Gasteiger partial charge < -0.3 is 14.4 Å². The lowest BCUT2D eigenvalue weighted by atomic mass is 9.99. The van der Waals surface area contributed by atoms with Gasteiger partial charge in [-0.1, -0.05) is 12.1 Å². The van der Waals surface area contributed by atoms with Crippen molar-refractivity contribution in [2.75, 3.05) is 0 Å². The fraction of sp³-hybridized carbons (Fsp3) is 0.522. The van der Waals surface area contributed by atoms with Crippen LogP contribution in [0, 0.1) is 5.82 Å². The predicted molar refractivity (Wildman–Crippen MR) is 110 cm³/mol.